The number of aromatic nitrogens is 2. The molecule has 0 atom stereocenters. The Balaban J connectivity index is 2.20. The predicted octanol–water partition coefficient (Wildman–Crippen LogP) is 4.82. The number of nitrogens with one attached hydrogen (secondary N) is 1. The summed E-state index contributed by atoms with van der Waals surface area (Å²) in [7, 11) is 0. The van der Waals surface area contributed by atoms with Gasteiger partial charge in [-0.05, 0) is 30.3 Å². The summed E-state index contributed by atoms with van der Waals surface area (Å²) in [5, 5.41) is 20.5. The first kappa shape index (κ1) is 14.5. The van der Waals surface area contributed by atoms with Crippen LogP contribution in [0.1, 0.15) is 11.4 Å². The number of imidazole rings is 1. The van der Waals surface area contributed by atoms with Gasteiger partial charge >= 0.3 is 0 Å². The van der Waals surface area contributed by atoms with Gasteiger partial charge in [0.15, 0.2) is 5.82 Å². The number of aliphatic hydroxyl groups excluding tert-OH is 1. The predicted molar refractivity (Wildman–Crippen MR) is 87.6 cm³/mol. The van der Waals surface area contributed by atoms with Crippen LogP contribution in [0.2, 0.25) is 10.0 Å². The second-order valence-corrected chi connectivity index (χ2v) is 5.41. The van der Waals surface area contributed by atoms with Crippen molar-refractivity contribution >= 4 is 45.6 Å². The normalized spacial score (nSPS) is 12.0. The van der Waals surface area contributed by atoms with Crippen molar-refractivity contribution < 1.29 is 5.11 Å². The molecule has 4 nitrogen and oxygen atoms in total. The molecule has 0 aliphatic rings. The third-order valence-corrected chi connectivity index (χ3v) is 3.72. The van der Waals surface area contributed by atoms with E-state index in [1.54, 1.807) is 12.1 Å². The zero-order valence-electron chi connectivity index (χ0n) is 11.1. The lowest BCUT2D eigenvalue weighted by atomic mass is 10.1. The van der Waals surface area contributed by atoms with Gasteiger partial charge in [-0.3, -0.25) is 0 Å². The number of hydrogen-bond donors (Lipinski definition) is 2. The van der Waals surface area contributed by atoms with Crippen molar-refractivity contribution in [3.05, 3.63) is 63.9 Å². The van der Waals surface area contributed by atoms with Crippen LogP contribution >= 0.6 is 23.2 Å². The van der Waals surface area contributed by atoms with E-state index < -0.39 is 0 Å². The number of H-pyrrole nitrogens is 1. The Morgan fingerprint density at radius 1 is 1.18 bits per heavy atom. The molecule has 0 radical (unpaired) electrons. The number of rotatable bonds is 2. The lowest BCUT2D eigenvalue weighted by Crippen LogP contribution is -1.93. The van der Waals surface area contributed by atoms with Gasteiger partial charge in [0.1, 0.15) is 17.4 Å². The van der Waals surface area contributed by atoms with Crippen LogP contribution in [-0.4, -0.2) is 15.1 Å². The fourth-order valence-corrected chi connectivity index (χ4v) is 2.48. The number of halogens is 2. The summed E-state index contributed by atoms with van der Waals surface area (Å²) in [6.07, 6.45) is 0. The van der Waals surface area contributed by atoms with Gasteiger partial charge in [-0.1, -0.05) is 35.3 Å². The zero-order chi connectivity index (χ0) is 15.7. The van der Waals surface area contributed by atoms with E-state index in [9.17, 15) is 10.4 Å². The molecule has 3 aromatic rings. The van der Waals surface area contributed by atoms with Crippen LogP contribution in [0.4, 0.5) is 0 Å². The number of aromatic amines is 1. The smallest absolute Gasteiger partial charge is 0.153 e. The van der Waals surface area contributed by atoms with Crippen molar-refractivity contribution in [2.45, 2.75) is 0 Å². The Labute approximate surface area is 136 Å². The number of para-hydroxylation sites is 2. The molecule has 3 rings (SSSR count). The maximum absolute atomic E-state index is 10.4. The lowest BCUT2D eigenvalue weighted by molar-refractivity contribution is 0.514. The molecule has 2 N–H and O–H groups in total. The number of nitrogens with zero attached hydrogens (tertiary/aromatic N) is 2. The van der Waals surface area contributed by atoms with Crippen LogP contribution in [0.3, 0.4) is 0 Å². The van der Waals surface area contributed by atoms with Gasteiger partial charge in [0.05, 0.1) is 16.1 Å². The quantitative estimate of drug-likeness (QED) is 0.523. The Morgan fingerprint density at radius 3 is 2.68 bits per heavy atom. The van der Waals surface area contributed by atoms with Crippen molar-refractivity contribution in [1.29, 1.82) is 5.26 Å². The average Bonchev–Trinajstić information content (AvgIpc) is 2.93. The summed E-state index contributed by atoms with van der Waals surface area (Å²) < 4.78 is 0. The van der Waals surface area contributed by atoms with Gasteiger partial charge in [-0.25, -0.2) is 4.98 Å². The molecule has 0 spiro atoms. The molecular formula is C16H9Cl2N3O. The minimum absolute atomic E-state index is 0.000340. The second-order valence-electron chi connectivity index (χ2n) is 4.56. The molecule has 0 unspecified atom stereocenters. The van der Waals surface area contributed by atoms with Crippen LogP contribution in [0.5, 0.6) is 0 Å². The molecule has 0 aliphatic carbocycles. The molecule has 108 valence electrons. The number of fused-ring (bicyclic) bond motifs is 1. The highest BCUT2D eigenvalue weighted by molar-refractivity contribution is 6.34. The molecule has 2 aromatic carbocycles. The van der Waals surface area contributed by atoms with Crippen molar-refractivity contribution in [1.82, 2.24) is 9.97 Å². The monoisotopic (exact) mass is 329 g/mol. The van der Waals surface area contributed by atoms with Gasteiger partial charge in [-0.15, -0.1) is 0 Å². The molecule has 0 saturated carbocycles. The van der Waals surface area contributed by atoms with Crippen LogP contribution in [0, 0.1) is 11.3 Å². The van der Waals surface area contributed by atoms with Crippen molar-refractivity contribution in [2.24, 2.45) is 0 Å². The van der Waals surface area contributed by atoms with Gasteiger partial charge in [-0.2, -0.15) is 5.26 Å². The van der Waals surface area contributed by atoms with Gasteiger partial charge in [0, 0.05) is 10.6 Å². The molecule has 1 aromatic heterocycles. The van der Waals surface area contributed by atoms with E-state index in [-0.39, 0.29) is 22.7 Å². The van der Waals surface area contributed by atoms with E-state index in [4.69, 9.17) is 23.2 Å². The maximum atomic E-state index is 10.4. The molecule has 0 aliphatic heterocycles. The van der Waals surface area contributed by atoms with E-state index in [0.29, 0.717) is 15.6 Å². The third kappa shape index (κ3) is 2.52. The molecule has 0 bridgehead atoms. The molecule has 0 amide bonds. The molecule has 0 saturated heterocycles. The van der Waals surface area contributed by atoms with Crippen LogP contribution in [0.15, 0.2) is 42.5 Å². The first-order chi connectivity index (χ1) is 10.6. The minimum atomic E-state index is -0.269. The number of nitriles is 1. The zero-order valence-corrected chi connectivity index (χ0v) is 12.7. The standard InChI is InChI=1S/C16H9Cl2N3O/c17-9-5-6-12(18)10(7-9)15(22)11(8-19)16-20-13-3-1-2-4-14(13)21-16/h1-7,22H,(H,20,21). The summed E-state index contributed by atoms with van der Waals surface area (Å²) in [4.78, 5) is 7.31. The van der Waals surface area contributed by atoms with Gasteiger partial charge < -0.3 is 10.1 Å². The second kappa shape index (κ2) is 5.72. The highest BCUT2D eigenvalue weighted by Crippen LogP contribution is 2.30. The molecule has 22 heavy (non-hydrogen) atoms. The highest BCUT2D eigenvalue weighted by Gasteiger charge is 2.17. The summed E-state index contributed by atoms with van der Waals surface area (Å²) in [5.74, 6) is 0.00583. The Bertz CT molecular complexity index is 905. The van der Waals surface area contributed by atoms with E-state index in [0.717, 1.165) is 5.52 Å². The van der Waals surface area contributed by atoms with Crippen molar-refractivity contribution in [3.8, 4) is 6.07 Å². The van der Waals surface area contributed by atoms with E-state index in [1.807, 2.05) is 30.3 Å². The first-order valence-electron chi connectivity index (χ1n) is 6.34. The van der Waals surface area contributed by atoms with Crippen molar-refractivity contribution in [3.63, 3.8) is 0 Å². The largest absolute Gasteiger partial charge is 0.506 e. The van der Waals surface area contributed by atoms with E-state index >= 15 is 0 Å². The summed E-state index contributed by atoms with van der Waals surface area (Å²) >= 11 is 12.0. The van der Waals surface area contributed by atoms with Crippen LogP contribution in [-0.2, 0) is 0 Å². The average molecular weight is 330 g/mol. The highest BCUT2D eigenvalue weighted by atomic mass is 35.5. The van der Waals surface area contributed by atoms with E-state index in [2.05, 4.69) is 9.97 Å². The number of aliphatic hydroxyl groups is 1. The minimum Gasteiger partial charge on any atom is -0.506 e. The SMILES string of the molecule is N#CC(=C(O)c1cc(Cl)ccc1Cl)c1nc2ccccc2[nH]1. The Hall–Kier alpha value is -2.48. The van der Waals surface area contributed by atoms with Crippen molar-refractivity contribution in [2.75, 3.05) is 0 Å². The number of benzene rings is 2. The van der Waals surface area contributed by atoms with Crippen LogP contribution in [0.25, 0.3) is 22.4 Å². The molecule has 0 fully saturated rings. The van der Waals surface area contributed by atoms with E-state index in [1.165, 1.54) is 6.07 Å². The fourth-order valence-electron chi connectivity index (χ4n) is 2.10. The summed E-state index contributed by atoms with van der Waals surface area (Å²) in [5.41, 5.74) is 1.76. The first-order valence-corrected chi connectivity index (χ1v) is 7.09. The topological polar surface area (TPSA) is 72.7 Å². The van der Waals surface area contributed by atoms with Crippen LogP contribution < -0.4 is 0 Å². The fraction of sp³-hybridized carbons (Fsp3) is 0. The molecular weight excluding hydrogens is 321 g/mol. The third-order valence-electron chi connectivity index (χ3n) is 3.16. The summed E-state index contributed by atoms with van der Waals surface area (Å²) in [6.45, 7) is 0. The Kier molecular flexibility index (Phi) is 3.76. The molecule has 6 heteroatoms. The lowest BCUT2D eigenvalue weighted by Gasteiger charge is -2.05. The number of hydrogen-bond acceptors (Lipinski definition) is 3. The van der Waals surface area contributed by atoms with Gasteiger partial charge in [0.2, 0.25) is 0 Å². The molecule has 1 heterocycles. The summed E-state index contributed by atoms with van der Waals surface area (Å²) in [6, 6.07) is 14.0. The van der Waals surface area contributed by atoms with Gasteiger partial charge in [0.25, 0.3) is 0 Å². The number of allylic oxidation sites excluding steroid dienone is 1. The maximum Gasteiger partial charge on any atom is 0.153 e. The Morgan fingerprint density at radius 2 is 1.95 bits per heavy atom.